The Labute approximate surface area is 171 Å². The van der Waals surface area contributed by atoms with Gasteiger partial charge in [0.1, 0.15) is 6.04 Å². The van der Waals surface area contributed by atoms with E-state index in [1.165, 1.54) is 12.1 Å². The largest absolute Gasteiger partial charge is 0.354 e. The Kier molecular flexibility index (Phi) is 6.66. The van der Waals surface area contributed by atoms with Gasteiger partial charge in [0.15, 0.2) is 0 Å². The van der Waals surface area contributed by atoms with E-state index in [4.69, 9.17) is 5.14 Å². The molecule has 154 valence electrons. The number of primary sulfonamides is 1. The van der Waals surface area contributed by atoms with Gasteiger partial charge in [-0.2, -0.15) is 0 Å². The molecular formula is C21H25N3O4S. The van der Waals surface area contributed by atoms with Gasteiger partial charge in [0.05, 0.1) is 11.3 Å². The molecule has 2 aromatic carbocycles. The molecule has 29 heavy (non-hydrogen) atoms. The molecule has 1 saturated heterocycles. The lowest BCUT2D eigenvalue weighted by atomic mass is 10.1. The molecule has 7 nitrogen and oxygen atoms in total. The first-order chi connectivity index (χ1) is 13.8. The zero-order valence-electron chi connectivity index (χ0n) is 16.1. The van der Waals surface area contributed by atoms with Crippen LogP contribution in [0.15, 0.2) is 59.5 Å². The molecule has 0 saturated carbocycles. The molecule has 3 rings (SSSR count). The number of nitrogens with two attached hydrogens (primary N) is 1. The Morgan fingerprint density at radius 2 is 1.72 bits per heavy atom. The zero-order chi connectivity index (χ0) is 20.9. The number of nitrogens with zero attached hydrogens (tertiary/aromatic N) is 1. The van der Waals surface area contributed by atoms with Gasteiger partial charge in [-0.15, -0.1) is 0 Å². The van der Waals surface area contributed by atoms with Crippen molar-refractivity contribution in [2.24, 2.45) is 5.14 Å². The lowest BCUT2D eigenvalue weighted by Gasteiger charge is -2.24. The smallest absolute Gasteiger partial charge is 0.242 e. The second kappa shape index (κ2) is 9.19. The van der Waals surface area contributed by atoms with Gasteiger partial charge in [-0.25, -0.2) is 13.6 Å². The molecule has 1 unspecified atom stereocenters. The van der Waals surface area contributed by atoms with Crippen LogP contribution in [0.2, 0.25) is 0 Å². The minimum absolute atomic E-state index is 0.0348. The average molecular weight is 416 g/mol. The normalized spacial score (nSPS) is 16.6. The summed E-state index contributed by atoms with van der Waals surface area (Å²) in [7, 11) is -3.71. The average Bonchev–Trinajstić information content (AvgIpc) is 3.18. The SMILES string of the molecule is NS(=O)(=O)c1ccc(CCNC(=O)C2CCCN2C(=O)Cc2ccccc2)cc1. The molecule has 0 radical (unpaired) electrons. The fourth-order valence-electron chi connectivity index (χ4n) is 3.50. The predicted octanol–water partition coefficient (Wildman–Crippen LogP) is 1.23. The number of rotatable bonds is 7. The van der Waals surface area contributed by atoms with E-state index in [1.54, 1.807) is 17.0 Å². The molecule has 1 atom stereocenters. The third kappa shape index (κ3) is 5.65. The number of carbonyl (C=O) groups excluding carboxylic acids is 2. The van der Waals surface area contributed by atoms with E-state index in [9.17, 15) is 18.0 Å². The van der Waals surface area contributed by atoms with Crippen LogP contribution < -0.4 is 10.5 Å². The molecule has 1 aliphatic rings. The number of sulfonamides is 1. The minimum Gasteiger partial charge on any atom is -0.354 e. The summed E-state index contributed by atoms with van der Waals surface area (Å²) >= 11 is 0. The van der Waals surface area contributed by atoms with Gasteiger partial charge >= 0.3 is 0 Å². The Bertz CT molecular complexity index is 959. The van der Waals surface area contributed by atoms with Crippen LogP contribution in [0.5, 0.6) is 0 Å². The van der Waals surface area contributed by atoms with Crippen LogP contribution in [0.4, 0.5) is 0 Å². The highest BCUT2D eigenvalue weighted by Crippen LogP contribution is 2.19. The number of carbonyl (C=O) groups is 2. The number of hydrogen-bond donors (Lipinski definition) is 2. The van der Waals surface area contributed by atoms with Crippen LogP contribution in [0.25, 0.3) is 0 Å². The maximum absolute atomic E-state index is 12.6. The summed E-state index contributed by atoms with van der Waals surface area (Å²) in [6, 6.07) is 15.3. The third-order valence-corrected chi connectivity index (χ3v) is 5.97. The van der Waals surface area contributed by atoms with Crippen molar-refractivity contribution in [2.45, 2.75) is 36.6 Å². The molecule has 0 bridgehead atoms. The fourth-order valence-corrected chi connectivity index (χ4v) is 4.02. The van der Waals surface area contributed by atoms with E-state index in [-0.39, 0.29) is 16.7 Å². The van der Waals surface area contributed by atoms with Crippen molar-refractivity contribution >= 4 is 21.8 Å². The number of benzene rings is 2. The van der Waals surface area contributed by atoms with Crippen molar-refractivity contribution in [3.63, 3.8) is 0 Å². The Balaban J connectivity index is 1.51. The molecule has 0 aromatic heterocycles. The minimum atomic E-state index is -3.71. The van der Waals surface area contributed by atoms with E-state index < -0.39 is 16.1 Å². The number of likely N-dealkylation sites (tertiary alicyclic amines) is 1. The van der Waals surface area contributed by atoms with Crippen LogP contribution in [-0.2, 0) is 32.5 Å². The molecule has 2 aromatic rings. The van der Waals surface area contributed by atoms with Crippen LogP contribution in [0, 0.1) is 0 Å². The summed E-state index contributed by atoms with van der Waals surface area (Å²) < 4.78 is 22.6. The standard InChI is InChI=1S/C21H25N3O4S/c22-29(27,28)18-10-8-16(9-11-18)12-13-23-21(26)19-7-4-14-24(19)20(25)15-17-5-2-1-3-6-17/h1-3,5-6,8-11,19H,4,7,12-15H2,(H,23,26)(H2,22,27,28). The summed E-state index contributed by atoms with van der Waals surface area (Å²) in [6.45, 7) is 1.00. The van der Waals surface area contributed by atoms with Crippen molar-refractivity contribution < 1.29 is 18.0 Å². The van der Waals surface area contributed by atoms with E-state index in [2.05, 4.69) is 5.32 Å². The van der Waals surface area contributed by atoms with Crippen molar-refractivity contribution in [2.75, 3.05) is 13.1 Å². The topological polar surface area (TPSA) is 110 Å². The molecule has 3 N–H and O–H groups in total. The number of amides is 2. The third-order valence-electron chi connectivity index (χ3n) is 5.04. The van der Waals surface area contributed by atoms with Crippen LogP contribution >= 0.6 is 0 Å². The lowest BCUT2D eigenvalue weighted by Crippen LogP contribution is -2.46. The van der Waals surface area contributed by atoms with Crippen molar-refractivity contribution in [3.8, 4) is 0 Å². The van der Waals surface area contributed by atoms with Gasteiger partial charge < -0.3 is 10.2 Å². The Morgan fingerprint density at radius 3 is 2.38 bits per heavy atom. The fraction of sp³-hybridized carbons (Fsp3) is 0.333. The number of hydrogen-bond acceptors (Lipinski definition) is 4. The van der Waals surface area contributed by atoms with Gasteiger partial charge in [-0.05, 0) is 42.5 Å². The highest BCUT2D eigenvalue weighted by molar-refractivity contribution is 7.89. The maximum atomic E-state index is 12.6. The van der Waals surface area contributed by atoms with Gasteiger partial charge in [0.25, 0.3) is 0 Å². The Hall–Kier alpha value is -2.71. The highest BCUT2D eigenvalue weighted by Gasteiger charge is 2.33. The van der Waals surface area contributed by atoms with Gasteiger partial charge in [-0.3, -0.25) is 9.59 Å². The summed E-state index contributed by atoms with van der Waals surface area (Å²) in [5.74, 6) is -0.183. The lowest BCUT2D eigenvalue weighted by molar-refractivity contribution is -0.137. The Morgan fingerprint density at radius 1 is 1.03 bits per heavy atom. The molecule has 0 spiro atoms. The quantitative estimate of drug-likeness (QED) is 0.709. The summed E-state index contributed by atoms with van der Waals surface area (Å²) in [5, 5.41) is 7.98. The summed E-state index contributed by atoms with van der Waals surface area (Å²) in [6.07, 6.45) is 2.32. The molecule has 1 fully saturated rings. The molecule has 8 heteroatoms. The second-order valence-electron chi connectivity index (χ2n) is 7.14. The molecule has 1 aliphatic heterocycles. The van der Waals surface area contributed by atoms with E-state index in [0.29, 0.717) is 32.4 Å². The van der Waals surface area contributed by atoms with Crippen LogP contribution in [-0.4, -0.2) is 44.3 Å². The van der Waals surface area contributed by atoms with Crippen LogP contribution in [0.1, 0.15) is 24.0 Å². The van der Waals surface area contributed by atoms with Crippen molar-refractivity contribution in [3.05, 3.63) is 65.7 Å². The van der Waals surface area contributed by atoms with E-state index >= 15 is 0 Å². The first-order valence-electron chi connectivity index (χ1n) is 9.57. The van der Waals surface area contributed by atoms with E-state index in [1.807, 2.05) is 30.3 Å². The molecular weight excluding hydrogens is 390 g/mol. The highest BCUT2D eigenvalue weighted by atomic mass is 32.2. The maximum Gasteiger partial charge on any atom is 0.242 e. The molecule has 2 amide bonds. The first kappa shape index (κ1) is 21.0. The summed E-state index contributed by atoms with van der Waals surface area (Å²) in [5.41, 5.74) is 1.83. The van der Waals surface area contributed by atoms with Gasteiger partial charge in [0.2, 0.25) is 21.8 Å². The van der Waals surface area contributed by atoms with Crippen molar-refractivity contribution in [1.29, 1.82) is 0 Å². The van der Waals surface area contributed by atoms with Crippen LogP contribution in [0.3, 0.4) is 0 Å². The zero-order valence-corrected chi connectivity index (χ0v) is 16.9. The summed E-state index contributed by atoms with van der Waals surface area (Å²) in [4.78, 5) is 26.9. The second-order valence-corrected chi connectivity index (χ2v) is 8.70. The van der Waals surface area contributed by atoms with Gasteiger partial charge in [0, 0.05) is 13.1 Å². The molecule has 1 heterocycles. The van der Waals surface area contributed by atoms with Gasteiger partial charge in [-0.1, -0.05) is 42.5 Å². The van der Waals surface area contributed by atoms with Crippen molar-refractivity contribution in [1.82, 2.24) is 10.2 Å². The monoisotopic (exact) mass is 415 g/mol. The van der Waals surface area contributed by atoms with E-state index in [0.717, 1.165) is 17.5 Å². The first-order valence-corrected chi connectivity index (χ1v) is 11.1. The number of nitrogens with one attached hydrogen (secondary N) is 1. The predicted molar refractivity (Wildman–Crippen MR) is 109 cm³/mol. The molecule has 0 aliphatic carbocycles.